The Balaban J connectivity index is 1.53. The fraction of sp³-hybridized carbons (Fsp3) is 0.158. The van der Waals surface area contributed by atoms with Gasteiger partial charge in [-0.05, 0) is 36.2 Å². The maximum atomic E-state index is 12.2. The average Bonchev–Trinajstić information content (AvgIpc) is 3.09. The van der Waals surface area contributed by atoms with E-state index in [1.165, 1.54) is 17.6 Å². The number of nitro groups is 1. The Morgan fingerprint density at radius 1 is 1.21 bits per heavy atom. The number of carbonyl (C=O) groups excluding carboxylic acids is 1. The molecule has 1 aromatic heterocycles. The summed E-state index contributed by atoms with van der Waals surface area (Å²) in [7, 11) is 0. The number of amides is 1. The molecule has 0 atom stereocenters. The van der Waals surface area contributed by atoms with Crippen molar-refractivity contribution in [2.24, 2.45) is 0 Å². The van der Waals surface area contributed by atoms with Gasteiger partial charge in [0, 0.05) is 24.5 Å². The standard InChI is InChI=1S/C19H19N5O3S/c1-12-6-5-8-15(24(26)27)17(12)22-13(2)19(25)21-11-10-20-18-14-7-3-4-9-16(14)28-23-18/h3-9,22H,2,10-11H2,1H3,(H,20,23)(H,21,25). The second-order valence-electron chi connectivity index (χ2n) is 6.04. The van der Waals surface area contributed by atoms with Gasteiger partial charge in [0.15, 0.2) is 0 Å². The Labute approximate surface area is 165 Å². The van der Waals surface area contributed by atoms with E-state index in [1.54, 1.807) is 19.1 Å². The number of anilines is 2. The molecule has 3 N–H and O–H groups in total. The minimum atomic E-state index is -0.497. The van der Waals surface area contributed by atoms with Gasteiger partial charge >= 0.3 is 0 Å². The van der Waals surface area contributed by atoms with Crippen LogP contribution in [0.1, 0.15) is 5.56 Å². The molecule has 9 heteroatoms. The smallest absolute Gasteiger partial charge is 0.292 e. The number of rotatable bonds is 8. The molecule has 8 nitrogen and oxygen atoms in total. The summed E-state index contributed by atoms with van der Waals surface area (Å²) in [5, 5.41) is 20.9. The number of hydrogen-bond acceptors (Lipinski definition) is 7. The van der Waals surface area contributed by atoms with Crippen LogP contribution < -0.4 is 16.0 Å². The van der Waals surface area contributed by atoms with Crippen molar-refractivity contribution in [1.29, 1.82) is 0 Å². The Morgan fingerprint density at radius 3 is 2.79 bits per heavy atom. The summed E-state index contributed by atoms with van der Waals surface area (Å²) >= 11 is 1.41. The van der Waals surface area contributed by atoms with Crippen molar-refractivity contribution in [2.75, 3.05) is 23.7 Å². The summed E-state index contributed by atoms with van der Waals surface area (Å²) in [5.74, 6) is 0.352. The van der Waals surface area contributed by atoms with Crippen molar-refractivity contribution >= 4 is 44.7 Å². The van der Waals surface area contributed by atoms with Crippen molar-refractivity contribution in [1.82, 2.24) is 9.69 Å². The van der Waals surface area contributed by atoms with Crippen molar-refractivity contribution < 1.29 is 9.72 Å². The number of nitrogens with zero attached hydrogens (tertiary/aromatic N) is 2. The van der Waals surface area contributed by atoms with E-state index in [9.17, 15) is 14.9 Å². The number of nitro benzene ring substituents is 1. The molecule has 0 unspecified atom stereocenters. The number of benzene rings is 2. The summed E-state index contributed by atoms with van der Waals surface area (Å²) < 4.78 is 5.45. The Hall–Kier alpha value is -3.46. The number of para-hydroxylation sites is 1. The molecule has 0 aliphatic heterocycles. The van der Waals surface area contributed by atoms with Crippen LogP contribution in [-0.4, -0.2) is 28.3 Å². The van der Waals surface area contributed by atoms with Gasteiger partial charge in [0.25, 0.3) is 11.6 Å². The van der Waals surface area contributed by atoms with Crippen LogP contribution in [0.3, 0.4) is 0 Å². The molecule has 0 radical (unpaired) electrons. The first-order valence-corrected chi connectivity index (χ1v) is 9.31. The monoisotopic (exact) mass is 397 g/mol. The van der Waals surface area contributed by atoms with Crippen LogP contribution in [0.4, 0.5) is 17.2 Å². The van der Waals surface area contributed by atoms with E-state index in [2.05, 4.69) is 26.9 Å². The maximum Gasteiger partial charge on any atom is 0.292 e. The number of hydrogen-bond donors (Lipinski definition) is 3. The molecule has 0 fully saturated rings. The van der Waals surface area contributed by atoms with Crippen LogP contribution in [0.5, 0.6) is 0 Å². The van der Waals surface area contributed by atoms with E-state index in [4.69, 9.17) is 0 Å². The van der Waals surface area contributed by atoms with Gasteiger partial charge in [0.2, 0.25) is 0 Å². The molecule has 0 spiro atoms. The summed E-state index contributed by atoms with van der Waals surface area (Å²) in [6.07, 6.45) is 0. The van der Waals surface area contributed by atoms with Gasteiger partial charge in [-0.15, -0.1) is 0 Å². The van der Waals surface area contributed by atoms with E-state index < -0.39 is 10.8 Å². The third-order valence-corrected chi connectivity index (χ3v) is 4.90. The number of aromatic nitrogens is 1. The molecule has 28 heavy (non-hydrogen) atoms. The highest BCUT2D eigenvalue weighted by molar-refractivity contribution is 7.13. The fourth-order valence-electron chi connectivity index (χ4n) is 2.65. The molecule has 2 aromatic carbocycles. The minimum Gasteiger partial charge on any atom is -0.367 e. The highest BCUT2D eigenvalue weighted by Gasteiger charge is 2.18. The van der Waals surface area contributed by atoms with E-state index in [-0.39, 0.29) is 17.1 Å². The lowest BCUT2D eigenvalue weighted by molar-refractivity contribution is -0.384. The predicted octanol–water partition coefficient (Wildman–Crippen LogP) is 3.67. The lowest BCUT2D eigenvalue weighted by Crippen LogP contribution is -2.31. The first kappa shape index (κ1) is 19.3. The normalized spacial score (nSPS) is 10.5. The Bertz CT molecular complexity index is 1050. The molecule has 144 valence electrons. The second kappa shape index (κ2) is 8.49. The zero-order valence-electron chi connectivity index (χ0n) is 15.2. The zero-order valence-corrected chi connectivity index (χ0v) is 16.0. The van der Waals surface area contributed by atoms with Crippen LogP contribution in [0.2, 0.25) is 0 Å². The van der Waals surface area contributed by atoms with Gasteiger partial charge in [0.1, 0.15) is 11.5 Å². The molecule has 0 aliphatic carbocycles. The maximum absolute atomic E-state index is 12.2. The second-order valence-corrected chi connectivity index (χ2v) is 6.84. The predicted molar refractivity (Wildman–Crippen MR) is 112 cm³/mol. The summed E-state index contributed by atoms with van der Waals surface area (Å²) in [6.45, 7) is 6.24. The lowest BCUT2D eigenvalue weighted by atomic mass is 10.1. The van der Waals surface area contributed by atoms with Crippen LogP contribution >= 0.6 is 11.5 Å². The van der Waals surface area contributed by atoms with Gasteiger partial charge in [-0.1, -0.05) is 30.8 Å². The van der Waals surface area contributed by atoms with Gasteiger partial charge in [-0.25, -0.2) is 0 Å². The van der Waals surface area contributed by atoms with Crippen LogP contribution in [0.15, 0.2) is 54.7 Å². The number of aryl methyl sites for hydroxylation is 1. The molecule has 0 aliphatic rings. The molecule has 3 aromatic rings. The first-order chi connectivity index (χ1) is 13.5. The molecule has 1 heterocycles. The summed E-state index contributed by atoms with van der Waals surface area (Å²) in [6, 6.07) is 12.6. The number of nitrogens with one attached hydrogen (secondary N) is 3. The van der Waals surface area contributed by atoms with Crippen molar-refractivity contribution in [3.63, 3.8) is 0 Å². The third-order valence-electron chi connectivity index (χ3n) is 4.08. The van der Waals surface area contributed by atoms with Crippen molar-refractivity contribution in [3.8, 4) is 0 Å². The molecular formula is C19H19N5O3S. The summed E-state index contributed by atoms with van der Waals surface area (Å²) in [4.78, 5) is 22.9. The van der Waals surface area contributed by atoms with E-state index in [0.29, 0.717) is 18.7 Å². The van der Waals surface area contributed by atoms with Crippen LogP contribution in [-0.2, 0) is 4.79 Å². The van der Waals surface area contributed by atoms with Gasteiger partial charge in [0.05, 0.1) is 15.3 Å². The van der Waals surface area contributed by atoms with Gasteiger partial charge < -0.3 is 16.0 Å². The van der Waals surface area contributed by atoms with E-state index in [1.807, 2.05) is 24.3 Å². The van der Waals surface area contributed by atoms with Gasteiger partial charge in [-0.2, -0.15) is 4.37 Å². The van der Waals surface area contributed by atoms with Gasteiger partial charge in [-0.3, -0.25) is 14.9 Å². The average molecular weight is 397 g/mol. The Morgan fingerprint density at radius 2 is 2.00 bits per heavy atom. The van der Waals surface area contributed by atoms with E-state index >= 15 is 0 Å². The minimum absolute atomic E-state index is 0.0384. The first-order valence-electron chi connectivity index (χ1n) is 8.54. The third kappa shape index (κ3) is 4.26. The quantitative estimate of drug-likeness (QED) is 0.232. The molecular weight excluding hydrogens is 378 g/mol. The van der Waals surface area contributed by atoms with Crippen LogP contribution in [0.25, 0.3) is 10.1 Å². The van der Waals surface area contributed by atoms with E-state index in [0.717, 1.165) is 15.9 Å². The van der Waals surface area contributed by atoms with Crippen molar-refractivity contribution in [2.45, 2.75) is 6.92 Å². The largest absolute Gasteiger partial charge is 0.367 e. The lowest BCUT2D eigenvalue weighted by Gasteiger charge is -2.12. The molecule has 1 amide bonds. The molecule has 3 rings (SSSR count). The Kier molecular flexibility index (Phi) is 5.85. The van der Waals surface area contributed by atoms with Crippen LogP contribution in [0, 0.1) is 17.0 Å². The SMILES string of the molecule is C=C(Nc1c(C)cccc1[N+](=O)[O-])C(=O)NCCNc1nsc2ccccc12. The topological polar surface area (TPSA) is 109 Å². The number of carbonyl (C=O) groups is 1. The van der Waals surface area contributed by atoms with Crippen molar-refractivity contribution in [3.05, 3.63) is 70.4 Å². The fourth-order valence-corrected chi connectivity index (χ4v) is 3.41. The highest BCUT2D eigenvalue weighted by Crippen LogP contribution is 2.28. The molecule has 0 bridgehead atoms. The zero-order chi connectivity index (χ0) is 20.1. The summed E-state index contributed by atoms with van der Waals surface area (Å²) in [5.41, 5.74) is 0.850. The molecule has 0 saturated carbocycles. The number of fused-ring (bicyclic) bond motifs is 1. The molecule has 0 saturated heterocycles. The highest BCUT2D eigenvalue weighted by atomic mass is 32.1.